The molecule has 0 saturated heterocycles. The first-order valence-corrected chi connectivity index (χ1v) is 14.0. The number of carbonyl (C=O) groups is 1. The number of hydrogen-bond acceptors (Lipinski definition) is 4. The van der Waals surface area contributed by atoms with E-state index in [0.717, 1.165) is 27.5 Å². The van der Waals surface area contributed by atoms with Crippen molar-refractivity contribution in [3.63, 3.8) is 0 Å². The zero-order chi connectivity index (χ0) is 29.3. The highest BCUT2D eigenvalue weighted by Gasteiger charge is 2.42. The molecule has 6 aromatic rings. The zero-order valence-electron chi connectivity index (χ0n) is 23.5. The number of aromatic nitrogens is 2. The van der Waals surface area contributed by atoms with Gasteiger partial charge in [0, 0.05) is 6.20 Å². The van der Waals surface area contributed by atoms with Crippen molar-refractivity contribution in [2.24, 2.45) is 5.92 Å². The van der Waals surface area contributed by atoms with E-state index < -0.39 is 17.1 Å². The number of nitrogens with zero attached hydrogens (tertiary/aromatic N) is 2. The summed E-state index contributed by atoms with van der Waals surface area (Å²) < 4.78 is 2.10. The highest BCUT2D eigenvalue weighted by molar-refractivity contribution is 5.93. The highest BCUT2D eigenvalue weighted by atomic mass is 16.4. The normalized spacial score (nSPS) is 13.2. The van der Waals surface area contributed by atoms with Gasteiger partial charge < -0.3 is 19.6 Å². The number of aromatic carboxylic acids is 1. The van der Waals surface area contributed by atoms with Crippen molar-refractivity contribution < 1.29 is 15.0 Å². The van der Waals surface area contributed by atoms with Crippen molar-refractivity contribution in [3.05, 3.63) is 173 Å². The molecule has 42 heavy (non-hydrogen) atoms. The molecule has 0 aliphatic rings. The van der Waals surface area contributed by atoms with E-state index in [4.69, 9.17) is 4.98 Å². The lowest BCUT2D eigenvalue weighted by Gasteiger charge is -2.37. The third-order valence-corrected chi connectivity index (χ3v) is 8.29. The Morgan fingerprint density at radius 1 is 0.714 bits per heavy atom. The fourth-order valence-corrected chi connectivity index (χ4v) is 6.08. The lowest BCUT2D eigenvalue weighted by atomic mass is 9.76. The number of carbonyl (C=O) groups excluding carboxylic acids is 1. The van der Waals surface area contributed by atoms with Gasteiger partial charge in [0.25, 0.3) is 0 Å². The van der Waals surface area contributed by atoms with Gasteiger partial charge >= 0.3 is 0 Å². The number of carboxylic acid groups (broad SMARTS) is 1. The van der Waals surface area contributed by atoms with E-state index in [-0.39, 0.29) is 11.5 Å². The van der Waals surface area contributed by atoms with Crippen molar-refractivity contribution in [3.8, 4) is 0 Å². The van der Waals surface area contributed by atoms with Crippen LogP contribution in [0.15, 0.2) is 140 Å². The van der Waals surface area contributed by atoms with E-state index in [1.165, 1.54) is 6.07 Å². The molecule has 1 aromatic heterocycles. The number of imidazole rings is 1. The first-order chi connectivity index (χ1) is 20.3. The second kappa shape index (κ2) is 10.8. The molecule has 0 bridgehead atoms. The molecule has 0 radical (unpaired) electrons. The molecule has 208 valence electrons. The van der Waals surface area contributed by atoms with Crippen LogP contribution in [0.25, 0.3) is 10.8 Å². The van der Waals surface area contributed by atoms with Crippen LogP contribution in [0.1, 0.15) is 52.2 Å². The Bertz CT molecular complexity index is 1750. The maximum absolute atomic E-state index is 12.4. The Morgan fingerprint density at radius 3 is 1.71 bits per heavy atom. The van der Waals surface area contributed by atoms with E-state index in [1.807, 2.05) is 99.2 Å². The third-order valence-electron chi connectivity index (χ3n) is 8.29. The summed E-state index contributed by atoms with van der Waals surface area (Å²) in [5.74, 6) is -1.44. The van der Waals surface area contributed by atoms with Gasteiger partial charge in [-0.05, 0) is 56.6 Å². The largest absolute Gasteiger partial charge is 0.545 e. The highest BCUT2D eigenvalue weighted by Crippen LogP contribution is 2.43. The number of aliphatic hydroxyl groups is 1. The Labute approximate surface area is 245 Å². The summed E-state index contributed by atoms with van der Waals surface area (Å²) in [7, 11) is 0. The van der Waals surface area contributed by atoms with Crippen LogP contribution >= 0.6 is 0 Å². The van der Waals surface area contributed by atoms with Crippen LogP contribution in [0.5, 0.6) is 0 Å². The predicted octanol–water partition coefficient (Wildman–Crippen LogP) is 6.13. The first-order valence-electron chi connectivity index (χ1n) is 14.0. The van der Waals surface area contributed by atoms with Crippen molar-refractivity contribution in [1.29, 1.82) is 0 Å². The monoisotopic (exact) mass is 551 g/mol. The molecule has 6 rings (SSSR count). The van der Waals surface area contributed by atoms with E-state index in [1.54, 1.807) is 12.1 Å². The van der Waals surface area contributed by atoms with Crippen LogP contribution in [0.4, 0.5) is 0 Å². The summed E-state index contributed by atoms with van der Waals surface area (Å²) >= 11 is 0. The van der Waals surface area contributed by atoms with Crippen molar-refractivity contribution >= 4 is 16.7 Å². The number of hydrogen-bond donors (Lipinski definition) is 1. The summed E-state index contributed by atoms with van der Waals surface area (Å²) in [5, 5.41) is 25.4. The molecule has 1 atom stereocenters. The van der Waals surface area contributed by atoms with Crippen LogP contribution in [-0.4, -0.2) is 20.6 Å². The fourth-order valence-electron chi connectivity index (χ4n) is 6.08. The molecule has 5 aromatic carbocycles. The molecule has 0 aliphatic carbocycles. The number of carboxylic acids is 1. The van der Waals surface area contributed by atoms with E-state index in [9.17, 15) is 15.0 Å². The Morgan fingerprint density at radius 2 is 1.21 bits per heavy atom. The minimum Gasteiger partial charge on any atom is -0.545 e. The van der Waals surface area contributed by atoms with Gasteiger partial charge in [-0.1, -0.05) is 129 Å². The predicted molar refractivity (Wildman–Crippen MR) is 163 cm³/mol. The maximum atomic E-state index is 12.4. The summed E-state index contributed by atoms with van der Waals surface area (Å²) in [6, 6.07) is 41.5. The second-order valence-electron chi connectivity index (χ2n) is 11.0. The van der Waals surface area contributed by atoms with Gasteiger partial charge in [0.15, 0.2) is 0 Å². The first kappa shape index (κ1) is 27.2. The van der Waals surface area contributed by atoms with Crippen molar-refractivity contribution in [2.75, 3.05) is 0 Å². The molecule has 1 unspecified atom stereocenters. The minimum absolute atomic E-state index is 0.118. The molecule has 0 amide bonds. The molecule has 0 spiro atoms. The number of fused-ring (bicyclic) bond motifs is 1. The van der Waals surface area contributed by atoms with E-state index in [2.05, 4.69) is 41.0 Å². The summed E-state index contributed by atoms with van der Waals surface area (Å²) in [6.45, 7) is 3.95. The van der Waals surface area contributed by atoms with Gasteiger partial charge in [0.1, 0.15) is 11.1 Å². The average molecular weight is 552 g/mol. The SMILES string of the molecule is CC(C)C(O)(c1ccc2cc(C(=O)[O-])ccc2c1)c1cn(C(c2ccccc2)(c2ccccc2)c2ccccc2)cn1. The lowest BCUT2D eigenvalue weighted by molar-refractivity contribution is -0.255. The van der Waals surface area contributed by atoms with Crippen LogP contribution in [0.3, 0.4) is 0 Å². The Balaban J connectivity index is 1.57. The third kappa shape index (κ3) is 4.39. The van der Waals surface area contributed by atoms with Crippen molar-refractivity contribution in [1.82, 2.24) is 9.55 Å². The average Bonchev–Trinajstić information content (AvgIpc) is 3.53. The zero-order valence-corrected chi connectivity index (χ0v) is 23.5. The summed E-state index contributed by atoms with van der Waals surface area (Å²) in [4.78, 5) is 16.2. The second-order valence-corrected chi connectivity index (χ2v) is 11.0. The molecule has 0 aliphatic heterocycles. The molecular formula is C37H31N2O3-. The van der Waals surface area contributed by atoms with Gasteiger partial charge in [0.05, 0.1) is 18.0 Å². The fraction of sp³-hybridized carbons (Fsp3) is 0.135. The Hall–Kier alpha value is -5.00. The van der Waals surface area contributed by atoms with E-state index >= 15 is 0 Å². The van der Waals surface area contributed by atoms with Gasteiger partial charge in [-0.15, -0.1) is 0 Å². The molecule has 1 N–H and O–H groups in total. The number of rotatable bonds is 8. The van der Waals surface area contributed by atoms with Gasteiger partial charge in [-0.2, -0.15) is 0 Å². The Kier molecular flexibility index (Phi) is 6.97. The van der Waals surface area contributed by atoms with Gasteiger partial charge in [-0.25, -0.2) is 4.98 Å². The lowest BCUT2D eigenvalue weighted by Crippen LogP contribution is -2.37. The van der Waals surface area contributed by atoms with Crippen LogP contribution in [-0.2, 0) is 11.1 Å². The van der Waals surface area contributed by atoms with Gasteiger partial charge in [0.2, 0.25) is 0 Å². The standard InChI is InChI=1S/C37H32N2O3/c1-26(2)37(42,33-21-20-27-22-29(35(40)41)19-18-28(27)23-33)34-24-39(25-38-34)36(30-12-6-3-7-13-30,31-14-8-4-9-15-31)32-16-10-5-11-17-32/h3-26,42H,1-2H3,(H,40,41)/p-1. The molecular weight excluding hydrogens is 520 g/mol. The van der Waals surface area contributed by atoms with E-state index in [0.29, 0.717) is 11.3 Å². The quantitative estimate of drug-likeness (QED) is 0.231. The van der Waals surface area contributed by atoms with Crippen LogP contribution in [0, 0.1) is 5.92 Å². The number of benzene rings is 5. The molecule has 5 nitrogen and oxygen atoms in total. The minimum atomic E-state index is -1.41. The molecule has 1 heterocycles. The van der Waals surface area contributed by atoms with Gasteiger partial charge in [-0.3, -0.25) is 0 Å². The van der Waals surface area contributed by atoms with Crippen LogP contribution in [0.2, 0.25) is 0 Å². The molecule has 0 saturated carbocycles. The summed E-state index contributed by atoms with van der Waals surface area (Å²) in [6.07, 6.45) is 3.76. The summed E-state index contributed by atoms with van der Waals surface area (Å²) in [5.41, 5.74) is 2.35. The topological polar surface area (TPSA) is 78.2 Å². The molecule has 0 fully saturated rings. The van der Waals surface area contributed by atoms with Crippen molar-refractivity contribution in [2.45, 2.75) is 25.0 Å². The maximum Gasteiger partial charge on any atom is 0.135 e. The molecule has 5 heteroatoms. The van der Waals surface area contributed by atoms with Crippen LogP contribution < -0.4 is 5.11 Å². The smallest absolute Gasteiger partial charge is 0.135 e.